The number of halogens is 2. The number of rotatable bonds is 4. The zero-order valence-electron chi connectivity index (χ0n) is 15.1. The molecule has 28 heavy (non-hydrogen) atoms. The fourth-order valence-electron chi connectivity index (χ4n) is 3.29. The van der Waals surface area contributed by atoms with Crippen molar-refractivity contribution >= 4 is 45.7 Å². The molecule has 1 aliphatic heterocycles. The molecular formula is C21H19Cl2N3O2. The Kier molecular flexibility index (Phi) is 5.67. The lowest BCUT2D eigenvalue weighted by atomic mass is 10.1. The molecule has 144 valence electrons. The third-order valence-corrected chi connectivity index (χ3v) is 5.19. The molecule has 0 radical (unpaired) electrons. The molecule has 1 amide bonds. The summed E-state index contributed by atoms with van der Waals surface area (Å²) in [6, 6.07) is 13.1. The molecule has 0 unspecified atom stereocenters. The van der Waals surface area contributed by atoms with Gasteiger partial charge in [-0.3, -0.25) is 9.78 Å². The van der Waals surface area contributed by atoms with Crippen molar-refractivity contribution in [2.24, 2.45) is 0 Å². The molecule has 2 heterocycles. The zero-order valence-corrected chi connectivity index (χ0v) is 16.6. The molecule has 0 spiro atoms. The number of ether oxygens (including phenoxy) is 1. The van der Waals surface area contributed by atoms with E-state index in [9.17, 15) is 4.79 Å². The monoisotopic (exact) mass is 415 g/mol. The Morgan fingerprint density at radius 2 is 1.89 bits per heavy atom. The van der Waals surface area contributed by atoms with Crippen LogP contribution in [0.25, 0.3) is 10.9 Å². The minimum Gasteiger partial charge on any atom is -0.380 e. The summed E-state index contributed by atoms with van der Waals surface area (Å²) in [6.45, 7) is 2.75. The molecule has 5 nitrogen and oxygen atoms in total. The van der Waals surface area contributed by atoms with E-state index in [-0.39, 0.29) is 5.91 Å². The molecule has 7 heteroatoms. The van der Waals surface area contributed by atoms with Crippen LogP contribution in [0.3, 0.4) is 0 Å². The van der Waals surface area contributed by atoms with Gasteiger partial charge in [0.1, 0.15) is 0 Å². The predicted molar refractivity (Wildman–Crippen MR) is 112 cm³/mol. The van der Waals surface area contributed by atoms with Crippen LogP contribution in [0.4, 0.5) is 5.69 Å². The summed E-state index contributed by atoms with van der Waals surface area (Å²) in [5, 5.41) is 5.49. The van der Waals surface area contributed by atoms with Gasteiger partial charge in [-0.25, -0.2) is 0 Å². The maximum Gasteiger partial charge on any atom is 0.257 e. The van der Waals surface area contributed by atoms with Gasteiger partial charge in [-0.05, 0) is 35.9 Å². The highest BCUT2D eigenvalue weighted by atomic mass is 35.5. The van der Waals surface area contributed by atoms with E-state index in [1.807, 2.05) is 36.4 Å². The van der Waals surface area contributed by atoms with Crippen LogP contribution in [0.5, 0.6) is 0 Å². The van der Waals surface area contributed by atoms with Gasteiger partial charge in [0.25, 0.3) is 5.91 Å². The number of carbonyl (C=O) groups excluding carboxylic acids is 1. The second kappa shape index (κ2) is 8.35. The Hall–Kier alpha value is -2.34. The number of carbonyl (C=O) groups is 1. The van der Waals surface area contributed by atoms with E-state index in [1.165, 1.54) is 0 Å². The quantitative estimate of drug-likeness (QED) is 0.674. The fourth-order valence-corrected chi connectivity index (χ4v) is 3.68. The molecule has 1 saturated heterocycles. The van der Waals surface area contributed by atoms with Gasteiger partial charge in [0, 0.05) is 41.3 Å². The summed E-state index contributed by atoms with van der Waals surface area (Å²) in [4.78, 5) is 19.4. The summed E-state index contributed by atoms with van der Waals surface area (Å²) < 4.78 is 5.36. The molecule has 0 aliphatic carbocycles. The molecule has 1 N–H and O–H groups in total. The van der Waals surface area contributed by atoms with Gasteiger partial charge in [-0.1, -0.05) is 35.3 Å². The SMILES string of the molecule is O=C(c1cnc2ccc(Cl)cc2c1NCc1cccc(Cl)c1)N1CCOCC1. The zero-order chi connectivity index (χ0) is 19.5. The predicted octanol–water partition coefficient (Wildman–Crippen LogP) is 4.63. The molecule has 3 aromatic rings. The summed E-state index contributed by atoms with van der Waals surface area (Å²) in [7, 11) is 0. The van der Waals surface area contributed by atoms with Crippen LogP contribution in [0.2, 0.25) is 10.0 Å². The van der Waals surface area contributed by atoms with Crippen LogP contribution in [0, 0.1) is 0 Å². The third kappa shape index (κ3) is 4.07. The lowest BCUT2D eigenvalue weighted by Gasteiger charge is -2.28. The number of nitrogens with one attached hydrogen (secondary N) is 1. The largest absolute Gasteiger partial charge is 0.380 e. The van der Waals surface area contributed by atoms with E-state index >= 15 is 0 Å². The molecule has 0 bridgehead atoms. The van der Waals surface area contributed by atoms with Gasteiger partial charge in [-0.2, -0.15) is 0 Å². The first kappa shape index (κ1) is 19.0. The number of hydrogen-bond acceptors (Lipinski definition) is 4. The van der Waals surface area contributed by atoms with Crippen molar-refractivity contribution < 1.29 is 9.53 Å². The van der Waals surface area contributed by atoms with E-state index in [0.717, 1.165) is 22.2 Å². The average Bonchev–Trinajstić information content (AvgIpc) is 2.72. The number of pyridine rings is 1. The maximum atomic E-state index is 13.2. The highest BCUT2D eigenvalue weighted by Gasteiger charge is 2.23. The Labute approximate surface area is 173 Å². The summed E-state index contributed by atoms with van der Waals surface area (Å²) in [6.07, 6.45) is 1.63. The van der Waals surface area contributed by atoms with Crippen LogP contribution in [0.15, 0.2) is 48.7 Å². The number of amides is 1. The smallest absolute Gasteiger partial charge is 0.257 e. The van der Waals surface area contributed by atoms with Gasteiger partial charge >= 0.3 is 0 Å². The molecular weight excluding hydrogens is 397 g/mol. The summed E-state index contributed by atoms with van der Waals surface area (Å²) in [5.41, 5.74) is 3.04. The van der Waals surface area contributed by atoms with Crippen LogP contribution in [0.1, 0.15) is 15.9 Å². The van der Waals surface area contributed by atoms with Crippen LogP contribution >= 0.6 is 23.2 Å². The first-order valence-corrected chi connectivity index (χ1v) is 9.81. The topological polar surface area (TPSA) is 54.5 Å². The molecule has 1 aromatic heterocycles. The number of aromatic nitrogens is 1. The number of fused-ring (bicyclic) bond motifs is 1. The van der Waals surface area contributed by atoms with Crippen molar-refractivity contribution in [3.05, 3.63) is 69.8 Å². The standard InChI is InChI=1S/C21H19Cl2N3O2/c22-15-3-1-2-14(10-15)12-25-20-17-11-16(23)4-5-19(17)24-13-18(20)21(27)26-6-8-28-9-7-26/h1-5,10-11,13H,6-9,12H2,(H,24,25). The van der Waals surface area contributed by atoms with E-state index in [1.54, 1.807) is 17.2 Å². The number of nitrogens with zero attached hydrogens (tertiary/aromatic N) is 2. The van der Waals surface area contributed by atoms with Crippen LogP contribution in [-0.2, 0) is 11.3 Å². The summed E-state index contributed by atoms with van der Waals surface area (Å²) in [5.74, 6) is -0.0636. The second-order valence-corrected chi connectivity index (χ2v) is 7.47. The first-order chi connectivity index (χ1) is 13.6. The van der Waals surface area contributed by atoms with E-state index in [2.05, 4.69) is 10.3 Å². The van der Waals surface area contributed by atoms with Gasteiger partial charge in [0.05, 0.1) is 30.0 Å². The lowest BCUT2D eigenvalue weighted by Crippen LogP contribution is -2.41. The van der Waals surface area contributed by atoms with Gasteiger partial charge in [0.2, 0.25) is 0 Å². The van der Waals surface area contributed by atoms with Gasteiger partial charge in [-0.15, -0.1) is 0 Å². The van der Waals surface area contributed by atoms with E-state index < -0.39 is 0 Å². The van der Waals surface area contributed by atoms with Crippen LogP contribution in [-0.4, -0.2) is 42.1 Å². The Balaban J connectivity index is 1.73. The van der Waals surface area contributed by atoms with E-state index in [0.29, 0.717) is 48.5 Å². The third-order valence-electron chi connectivity index (χ3n) is 4.72. The Morgan fingerprint density at radius 3 is 2.68 bits per heavy atom. The number of morpholine rings is 1. The maximum absolute atomic E-state index is 13.2. The van der Waals surface area contributed by atoms with Gasteiger partial charge < -0.3 is 15.0 Å². The van der Waals surface area contributed by atoms with Crippen molar-refractivity contribution in [1.82, 2.24) is 9.88 Å². The normalized spacial score (nSPS) is 14.3. The minimum atomic E-state index is -0.0636. The molecule has 1 aliphatic rings. The van der Waals surface area contributed by atoms with Crippen molar-refractivity contribution in [2.45, 2.75) is 6.54 Å². The van der Waals surface area contributed by atoms with Crippen molar-refractivity contribution in [2.75, 3.05) is 31.6 Å². The summed E-state index contributed by atoms with van der Waals surface area (Å²) >= 11 is 12.3. The highest BCUT2D eigenvalue weighted by molar-refractivity contribution is 6.31. The van der Waals surface area contributed by atoms with Crippen molar-refractivity contribution in [3.63, 3.8) is 0 Å². The minimum absolute atomic E-state index is 0.0636. The number of hydrogen-bond donors (Lipinski definition) is 1. The van der Waals surface area contributed by atoms with Crippen molar-refractivity contribution in [1.29, 1.82) is 0 Å². The van der Waals surface area contributed by atoms with Crippen molar-refractivity contribution in [3.8, 4) is 0 Å². The Morgan fingerprint density at radius 1 is 1.11 bits per heavy atom. The highest BCUT2D eigenvalue weighted by Crippen LogP contribution is 2.30. The molecule has 0 atom stereocenters. The molecule has 2 aromatic carbocycles. The fraction of sp³-hybridized carbons (Fsp3) is 0.238. The Bertz CT molecular complexity index is 1020. The molecule has 4 rings (SSSR count). The number of benzene rings is 2. The number of anilines is 1. The average molecular weight is 416 g/mol. The van der Waals surface area contributed by atoms with Gasteiger partial charge in [0.15, 0.2) is 0 Å². The second-order valence-electron chi connectivity index (χ2n) is 6.60. The molecule has 0 saturated carbocycles. The first-order valence-electron chi connectivity index (χ1n) is 9.05. The van der Waals surface area contributed by atoms with E-state index in [4.69, 9.17) is 27.9 Å². The molecule has 1 fully saturated rings. The lowest BCUT2D eigenvalue weighted by molar-refractivity contribution is 0.0303. The van der Waals surface area contributed by atoms with Crippen LogP contribution < -0.4 is 5.32 Å².